The third kappa shape index (κ3) is 4.17. The quantitative estimate of drug-likeness (QED) is 0.279. The molecular weight excluding hydrogens is 448 g/mol. The van der Waals surface area contributed by atoms with Gasteiger partial charge in [-0.2, -0.15) is 5.10 Å². The van der Waals surface area contributed by atoms with Gasteiger partial charge in [-0.05, 0) is 41.3 Å². The summed E-state index contributed by atoms with van der Waals surface area (Å²) in [6.07, 6.45) is 9.11. The van der Waals surface area contributed by atoms with E-state index in [-0.39, 0.29) is 5.41 Å². The van der Waals surface area contributed by atoms with Crippen LogP contribution in [0.1, 0.15) is 20.8 Å². The summed E-state index contributed by atoms with van der Waals surface area (Å²) in [6.45, 7) is 7.46. The van der Waals surface area contributed by atoms with Crippen LogP contribution in [0.25, 0.3) is 55.8 Å². The number of fused-ring (bicyclic) bond motifs is 2. The first-order chi connectivity index (χ1) is 17.4. The van der Waals surface area contributed by atoms with E-state index in [1.807, 2.05) is 42.9 Å². The molecule has 0 bridgehead atoms. The summed E-state index contributed by atoms with van der Waals surface area (Å²) in [5, 5.41) is 11.9. The number of aromatic nitrogens is 7. The lowest BCUT2D eigenvalue weighted by atomic mass is 9.97. The van der Waals surface area contributed by atoms with Gasteiger partial charge in [0, 0.05) is 54.2 Å². The highest BCUT2D eigenvalue weighted by Gasteiger charge is 2.16. The highest BCUT2D eigenvalue weighted by molar-refractivity contribution is 5.97. The van der Waals surface area contributed by atoms with Gasteiger partial charge in [0.25, 0.3) is 0 Å². The number of H-pyrrole nitrogens is 2. The molecule has 0 fully saturated rings. The summed E-state index contributed by atoms with van der Waals surface area (Å²) in [5.41, 5.74) is 8.50. The molecule has 0 aliphatic carbocycles. The molecule has 6 rings (SSSR count). The van der Waals surface area contributed by atoms with Crippen LogP contribution in [0.2, 0.25) is 0 Å². The fourth-order valence-corrected chi connectivity index (χ4v) is 4.21. The van der Waals surface area contributed by atoms with Gasteiger partial charge >= 0.3 is 0 Å². The number of anilines is 1. The number of nitrogens with zero attached hydrogens (tertiary/aromatic N) is 5. The van der Waals surface area contributed by atoms with Crippen LogP contribution >= 0.6 is 0 Å². The Morgan fingerprint density at radius 1 is 0.889 bits per heavy atom. The van der Waals surface area contributed by atoms with Crippen LogP contribution in [0.5, 0.6) is 0 Å². The Morgan fingerprint density at radius 3 is 2.56 bits per heavy atom. The van der Waals surface area contributed by atoms with Crippen molar-refractivity contribution in [3.05, 3.63) is 73.4 Å². The lowest BCUT2D eigenvalue weighted by Gasteiger charge is -2.19. The average Bonchev–Trinajstić information content (AvgIpc) is 3.51. The molecule has 0 saturated heterocycles. The van der Waals surface area contributed by atoms with Gasteiger partial charge in [-0.15, -0.1) is 0 Å². The maximum atomic E-state index is 4.95. The highest BCUT2D eigenvalue weighted by Crippen LogP contribution is 2.32. The number of nitrogens with one attached hydrogen (secondary N) is 3. The van der Waals surface area contributed by atoms with E-state index in [1.54, 1.807) is 12.4 Å². The predicted octanol–water partition coefficient (Wildman–Crippen LogP) is 6.08. The van der Waals surface area contributed by atoms with Crippen molar-refractivity contribution in [2.45, 2.75) is 20.8 Å². The fourth-order valence-electron chi connectivity index (χ4n) is 4.21. The van der Waals surface area contributed by atoms with Crippen molar-refractivity contribution in [2.24, 2.45) is 5.41 Å². The molecular formula is C28H26N8. The van der Waals surface area contributed by atoms with Crippen molar-refractivity contribution >= 4 is 27.8 Å². The number of rotatable bonds is 5. The Morgan fingerprint density at radius 2 is 1.72 bits per heavy atom. The first-order valence-electron chi connectivity index (χ1n) is 11.9. The Bertz CT molecular complexity index is 1680. The number of para-hydroxylation sites is 1. The number of imidazole rings is 1. The number of pyridine rings is 3. The molecule has 0 amide bonds. The summed E-state index contributed by atoms with van der Waals surface area (Å²) in [7, 11) is 0. The zero-order chi connectivity index (χ0) is 24.7. The Hall–Kier alpha value is -4.59. The molecule has 6 aromatic rings. The minimum Gasteiger partial charge on any atom is -0.383 e. The van der Waals surface area contributed by atoms with Crippen LogP contribution in [0.3, 0.4) is 0 Å². The van der Waals surface area contributed by atoms with Gasteiger partial charge in [0.05, 0.1) is 22.1 Å². The van der Waals surface area contributed by atoms with Crippen LogP contribution < -0.4 is 5.32 Å². The van der Waals surface area contributed by atoms with Crippen molar-refractivity contribution in [1.29, 1.82) is 0 Å². The summed E-state index contributed by atoms with van der Waals surface area (Å²) in [6, 6.07) is 14.3. The van der Waals surface area contributed by atoms with E-state index in [1.165, 1.54) is 0 Å². The van der Waals surface area contributed by atoms with E-state index in [0.29, 0.717) is 11.5 Å². The predicted molar refractivity (Wildman–Crippen MR) is 143 cm³/mol. The van der Waals surface area contributed by atoms with E-state index in [2.05, 4.69) is 74.4 Å². The lowest BCUT2D eigenvalue weighted by Crippen LogP contribution is -2.19. The number of benzene rings is 1. The van der Waals surface area contributed by atoms with E-state index >= 15 is 0 Å². The SMILES string of the molecule is CC(C)(C)CNc1cncc(-c2cnc3n[nH]c(-c4nc5c(-c6ccncc6)cccc5[nH]4)c3c2)c1. The van der Waals surface area contributed by atoms with Gasteiger partial charge in [0.15, 0.2) is 11.5 Å². The molecule has 0 saturated carbocycles. The molecule has 8 heteroatoms. The molecule has 5 aromatic heterocycles. The third-order valence-corrected chi connectivity index (χ3v) is 6.04. The van der Waals surface area contributed by atoms with Gasteiger partial charge in [-0.3, -0.25) is 15.1 Å². The van der Waals surface area contributed by atoms with Crippen LogP contribution in [-0.4, -0.2) is 41.7 Å². The van der Waals surface area contributed by atoms with Crippen LogP contribution in [-0.2, 0) is 0 Å². The second-order valence-corrected chi connectivity index (χ2v) is 10.1. The van der Waals surface area contributed by atoms with Gasteiger partial charge in [-0.25, -0.2) is 9.97 Å². The molecule has 0 aliphatic rings. The lowest BCUT2D eigenvalue weighted by molar-refractivity contribution is 0.443. The molecule has 178 valence electrons. The number of aromatic amines is 2. The molecule has 0 radical (unpaired) electrons. The number of hydrogen-bond donors (Lipinski definition) is 3. The second kappa shape index (κ2) is 8.57. The van der Waals surface area contributed by atoms with Crippen molar-refractivity contribution < 1.29 is 0 Å². The molecule has 36 heavy (non-hydrogen) atoms. The normalized spacial score (nSPS) is 11.9. The molecule has 3 N–H and O–H groups in total. The van der Waals surface area contributed by atoms with Crippen molar-refractivity contribution in [3.8, 4) is 33.8 Å². The first kappa shape index (κ1) is 21.9. The second-order valence-electron chi connectivity index (χ2n) is 10.1. The molecule has 8 nitrogen and oxygen atoms in total. The third-order valence-electron chi connectivity index (χ3n) is 6.04. The van der Waals surface area contributed by atoms with Crippen molar-refractivity contribution in [3.63, 3.8) is 0 Å². The Balaban J connectivity index is 1.40. The van der Waals surface area contributed by atoms with Crippen LogP contribution in [0, 0.1) is 5.41 Å². The minimum absolute atomic E-state index is 0.173. The fraction of sp³-hybridized carbons (Fsp3) is 0.179. The summed E-state index contributed by atoms with van der Waals surface area (Å²) in [5.74, 6) is 0.715. The van der Waals surface area contributed by atoms with E-state index in [9.17, 15) is 0 Å². The molecule has 1 aromatic carbocycles. The maximum absolute atomic E-state index is 4.95. The average molecular weight is 475 g/mol. The van der Waals surface area contributed by atoms with E-state index in [4.69, 9.17) is 4.98 Å². The first-order valence-corrected chi connectivity index (χ1v) is 11.9. The molecule has 0 aliphatic heterocycles. The molecule has 0 spiro atoms. The summed E-state index contributed by atoms with van der Waals surface area (Å²) < 4.78 is 0. The van der Waals surface area contributed by atoms with Gasteiger partial charge in [-0.1, -0.05) is 32.9 Å². The van der Waals surface area contributed by atoms with E-state index < -0.39 is 0 Å². The maximum Gasteiger partial charge on any atom is 0.181 e. The zero-order valence-electron chi connectivity index (χ0n) is 20.4. The topological polar surface area (TPSA) is 108 Å². The zero-order valence-corrected chi connectivity index (χ0v) is 20.4. The van der Waals surface area contributed by atoms with Gasteiger partial charge in [0.2, 0.25) is 0 Å². The standard InChI is InChI=1S/C28H26N8/c1-28(2,3)16-32-20-11-18(13-30-15-20)19-12-22-25(35-36-26(22)31-14-19)27-33-23-6-4-5-21(24(23)34-27)17-7-9-29-10-8-17/h4-15,32H,16H2,1-3H3,(H,33,34)(H,31,35,36). The van der Waals surface area contributed by atoms with Crippen molar-refractivity contribution in [1.82, 2.24) is 35.1 Å². The van der Waals surface area contributed by atoms with Crippen LogP contribution in [0.4, 0.5) is 5.69 Å². The smallest absolute Gasteiger partial charge is 0.181 e. The monoisotopic (exact) mass is 474 g/mol. The summed E-state index contributed by atoms with van der Waals surface area (Å²) >= 11 is 0. The Kier molecular flexibility index (Phi) is 5.21. The molecule has 5 heterocycles. The molecule has 0 unspecified atom stereocenters. The highest BCUT2D eigenvalue weighted by atomic mass is 15.2. The summed E-state index contributed by atoms with van der Waals surface area (Å²) in [4.78, 5) is 21.6. The largest absolute Gasteiger partial charge is 0.383 e. The van der Waals surface area contributed by atoms with E-state index in [0.717, 1.165) is 56.6 Å². The Labute approximate surface area is 208 Å². The number of hydrogen-bond acceptors (Lipinski definition) is 6. The van der Waals surface area contributed by atoms with Gasteiger partial charge < -0.3 is 10.3 Å². The minimum atomic E-state index is 0.173. The van der Waals surface area contributed by atoms with Crippen molar-refractivity contribution in [2.75, 3.05) is 11.9 Å². The molecule has 0 atom stereocenters. The van der Waals surface area contributed by atoms with Gasteiger partial charge in [0.1, 0.15) is 5.69 Å². The van der Waals surface area contributed by atoms with Crippen LogP contribution in [0.15, 0.2) is 73.4 Å².